The molecule has 1 amide bonds. The summed E-state index contributed by atoms with van der Waals surface area (Å²) in [6, 6.07) is 8.78. The summed E-state index contributed by atoms with van der Waals surface area (Å²) < 4.78 is 32.1. The molecule has 1 heterocycles. The first kappa shape index (κ1) is 17.9. The summed E-state index contributed by atoms with van der Waals surface area (Å²) >= 11 is 0. The second-order valence-corrected chi connectivity index (χ2v) is 6.23. The van der Waals surface area contributed by atoms with Crippen LogP contribution in [0.5, 0.6) is 5.75 Å². The number of benzene rings is 2. The maximum Gasteiger partial charge on any atom is 0.244 e. The summed E-state index contributed by atoms with van der Waals surface area (Å²) in [5, 5.41) is 2.84. The van der Waals surface area contributed by atoms with E-state index < -0.39 is 11.6 Å². The van der Waals surface area contributed by atoms with E-state index in [9.17, 15) is 13.6 Å². The van der Waals surface area contributed by atoms with Gasteiger partial charge in [0.05, 0.1) is 18.3 Å². The van der Waals surface area contributed by atoms with Crippen LogP contribution in [0.3, 0.4) is 0 Å². The molecule has 0 radical (unpaired) electrons. The zero-order valence-corrected chi connectivity index (χ0v) is 14.6. The van der Waals surface area contributed by atoms with Crippen LogP contribution in [0.25, 0.3) is 6.08 Å². The highest BCUT2D eigenvalue weighted by Gasteiger charge is 2.17. The van der Waals surface area contributed by atoms with E-state index in [0.717, 1.165) is 35.7 Å². The third-order valence-corrected chi connectivity index (χ3v) is 4.31. The molecular formula is C20H20F2N2O2. The summed E-state index contributed by atoms with van der Waals surface area (Å²) in [6.07, 6.45) is 2.56. The molecule has 0 fully saturated rings. The molecule has 0 aromatic heterocycles. The second kappa shape index (κ2) is 7.56. The maximum absolute atomic E-state index is 13.6. The van der Waals surface area contributed by atoms with Gasteiger partial charge >= 0.3 is 0 Å². The highest BCUT2D eigenvalue weighted by atomic mass is 19.1. The van der Waals surface area contributed by atoms with Crippen LogP contribution in [-0.4, -0.2) is 26.1 Å². The van der Waals surface area contributed by atoms with Crippen molar-refractivity contribution in [1.82, 2.24) is 5.32 Å². The van der Waals surface area contributed by atoms with Gasteiger partial charge in [-0.3, -0.25) is 4.79 Å². The van der Waals surface area contributed by atoms with Crippen molar-refractivity contribution in [2.24, 2.45) is 0 Å². The molecule has 0 bridgehead atoms. The van der Waals surface area contributed by atoms with E-state index in [1.54, 1.807) is 0 Å². The Bertz CT molecular complexity index is 852. The van der Waals surface area contributed by atoms with Crippen LogP contribution in [0.1, 0.15) is 24.1 Å². The van der Waals surface area contributed by atoms with Gasteiger partial charge in [0.25, 0.3) is 0 Å². The summed E-state index contributed by atoms with van der Waals surface area (Å²) in [4.78, 5) is 14.2. The number of likely N-dealkylation sites (N-methyl/N-ethyl adjacent to an activating group) is 1. The van der Waals surface area contributed by atoms with Gasteiger partial charge in [-0.15, -0.1) is 0 Å². The molecule has 0 saturated carbocycles. The number of carbonyl (C=O) groups is 1. The number of rotatable bonds is 4. The van der Waals surface area contributed by atoms with E-state index in [4.69, 9.17) is 4.74 Å². The third-order valence-electron chi connectivity index (χ3n) is 4.31. The van der Waals surface area contributed by atoms with Crippen LogP contribution >= 0.6 is 0 Å². The quantitative estimate of drug-likeness (QED) is 0.848. The lowest BCUT2D eigenvalue weighted by Crippen LogP contribution is -2.29. The first-order valence-electron chi connectivity index (χ1n) is 8.35. The molecule has 2 aromatic rings. The van der Waals surface area contributed by atoms with E-state index in [1.807, 2.05) is 32.2 Å². The average molecular weight is 358 g/mol. The standard InChI is InChI=1S/C20H20F2N2O2/c1-13(15-4-7-19-18(11-15)24(2)9-10-26-19)23-20(25)8-5-14-3-6-16(21)12-17(14)22/h3-8,11-13H,9-10H2,1-2H3,(H,23,25). The number of fused-ring (bicyclic) bond motifs is 1. The maximum atomic E-state index is 13.6. The number of nitrogens with zero attached hydrogens (tertiary/aromatic N) is 1. The molecule has 6 heteroatoms. The topological polar surface area (TPSA) is 41.6 Å². The van der Waals surface area contributed by atoms with E-state index in [0.29, 0.717) is 6.61 Å². The average Bonchev–Trinajstić information content (AvgIpc) is 2.61. The lowest BCUT2D eigenvalue weighted by Gasteiger charge is -2.28. The molecule has 136 valence electrons. The minimum absolute atomic E-state index is 0.154. The number of hydrogen-bond acceptors (Lipinski definition) is 3. The Balaban J connectivity index is 1.67. The largest absolute Gasteiger partial charge is 0.490 e. The van der Waals surface area contributed by atoms with Crippen molar-refractivity contribution in [3.05, 3.63) is 65.2 Å². The van der Waals surface area contributed by atoms with Gasteiger partial charge in [0, 0.05) is 24.8 Å². The normalized spacial score (nSPS) is 14.7. The third kappa shape index (κ3) is 4.02. The molecule has 1 atom stereocenters. The fourth-order valence-electron chi connectivity index (χ4n) is 2.78. The minimum atomic E-state index is -0.708. The van der Waals surface area contributed by atoms with Gasteiger partial charge in [0.1, 0.15) is 24.0 Å². The molecule has 0 saturated heterocycles. The summed E-state index contributed by atoms with van der Waals surface area (Å²) in [6.45, 7) is 3.33. The molecular weight excluding hydrogens is 338 g/mol. The van der Waals surface area contributed by atoms with Gasteiger partial charge in [-0.25, -0.2) is 8.78 Å². The second-order valence-electron chi connectivity index (χ2n) is 6.23. The van der Waals surface area contributed by atoms with Crippen LogP contribution in [0, 0.1) is 11.6 Å². The Morgan fingerprint density at radius 2 is 2.08 bits per heavy atom. The van der Waals surface area contributed by atoms with Crippen molar-refractivity contribution in [1.29, 1.82) is 0 Å². The molecule has 1 unspecified atom stereocenters. The predicted octanol–water partition coefficient (Wildman–Crippen LogP) is 3.68. The first-order chi connectivity index (χ1) is 12.4. The smallest absolute Gasteiger partial charge is 0.244 e. The van der Waals surface area contributed by atoms with Gasteiger partial charge in [-0.2, -0.15) is 0 Å². The number of hydrogen-bond donors (Lipinski definition) is 1. The number of ether oxygens (including phenoxy) is 1. The predicted molar refractivity (Wildman–Crippen MR) is 97.2 cm³/mol. The van der Waals surface area contributed by atoms with Gasteiger partial charge < -0.3 is 15.0 Å². The summed E-state index contributed by atoms with van der Waals surface area (Å²) in [7, 11) is 1.99. The molecule has 1 N–H and O–H groups in total. The highest BCUT2D eigenvalue weighted by Crippen LogP contribution is 2.33. The van der Waals surface area contributed by atoms with E-state index >= 15 is 0 Å². The van der Waals surface area contributed by atoms with Crippen LogP contribution in [0.4, 0.5) is 14.5 Å². The zero-order valence-electron chi connectivity index (χ0n) is 14.6. The van der Waals surface area contributed by atoms with Crippen LogP contribution in [-0.2, 0) is 4.79 Å². The fourth-order valence-corrected chi connectivity index (χ4v) is 2.78. The molecule has 0 spiro atoms. The monoisotopic (exact) mass is 358 g/mol. The number of nitrogens with one attached hydrogen (secondary N) is 1. The Morgan fingerprint density at radius 3 is 2.85 bits per heavy atom. The van der Waals surface area contributed by atoms with Gasteiger partial charge in [0.15, 0.2) is 0 Å². The van der Waals surface area contributed by atoms with Gasteiger partial charge in [-0.1, -0.05) is 6.07 Å². The summed E-state index contributed by atoms with van der Waals surface area (Å²) in [5.74, 6) is -0.893. The summed E-state index contributed by atoms with van der Waals surface area (Å²) in [5.41, 5.74) is 2.08. The molecule has 3 rings (SSSR count). The fraction of sp³-hybridized carbons (Fsp3) is 0.250. The number of anilines is 1. The molecule has 0 aliphatic carbocycles. The number of halogens is 2. The van der Waals surface area contributed by atoms with Crippen molar-refractivity contribution in [3.8, 4) is 5.75 Å². The van der Waals surface area contributed by atoms with E-state index in [-0.39, 0.29) is 17.5 Å². The Labute approximate surface area is 151 Å². The van der Waals surface area contributed by atoms with Crippen molar-refractivity contribution >= 4 is 17.7 Å². The van der Waals surface area contributed by atoms with Gasteiger partial charge in [0.2, 0.25) is 5.91 Å². The lowest BCUT2D eigenvalue weighted by molar-refractivity contribution is -0.117. The van der Waals surface area contributed by atoms with Crippen molar-refractivity contribution in [2.45, 2.75) is 13.0 Å². The number of carbonyl (C=O) groups excluding carboxylic acids is 1. The van der Waals surface area contributed by atoms with Crippen molar-refractivity contribution in [2.75, 3.05) is 25.1 Å². The molecule has 26 heavy (non-hydrogen) atoms. The molecule has 2 aromatic carbocycles. The van der Waals surface area contributed by atoms with E-state index in [1.165, 1.54) is 18.2 Å². The van der Waals surface area contributed by atoms with Crippen molar-refractivity contribution in [3.63, 3.8) is 0 Å². The van der Waals surface area contributed by atoms with Crippen molar-refractivity contribution < 1.29 is 18.3 Å². The lowest BCUT2D eigenvalue weighted by atomic mass is 10.1. The Morgan fingerprint density at radius 1 is 1.27 bits per heavy atom. The molecule has 1 aliphatic rings. The van der Waals surface area contributed by atoms with Crippen LogP contribution in [0.15, 0.2) is 42.5 Å². The van der Waals surface area contributed by atoms with Gasteiger partial charge in [-0.05, 0) is 42.8 Å². The Hall–Kier alpha value is -2.89. The molecule has 4 nitrogen and oxygen atoms in total. The zero-order chi connectivity index (χ0) is 18.7. The SMILES string of the molecule is CC(NC(=O)C=Cc1ccc(F)cc1F)c1ccc2c(c1)N(C)CCO2. The van der Waals surface area contributed by atoms with Crippen LogP contribution in [0.2, 0.25) is 0 Å². The first-order valence-corrected chi connectivity index (χ1v) is 8.35. The number of amides is 1. The van der Waals surface area contributed by atoms with E-state index in [2.05, 4.69) is 10.2 Å². The van der Waals surface area contributed by atoms with Crippen LogP contribution < -0.4 is 15.0 Å². The highest BCUT2D eigenvalue weighted by molar-refractivity contribution is 5.92. The Kier molecular flexibility index (Phi) is 5.21. The molecule has 1 aliphatic heterocycles. The minimum Gasteiger partial charge on any atom is -0.490 e.